The molecule has 0 bridgehead atoms. The molecule has 0 atom stereocenters. The Morgan fingerprint density at radius 2 is 0.711 bits per heavy atom. The standard InChI is InChI=1S/C30H56B2O6/c1-3-5-7-9-11-13-15-17-19-21-23-37-29-25-28(32(35)36)30(26-27(29)31(33)34)38-24-22-20-18-16-14-12-10-8-6-4-2/h25-26,33-36H,3-24H2,1-2H3. The fourth-order valence-corrected chi connectivity index (χ4v) is 4.79. The third-order valence-electron chi connectivity index (χ3n) is 7.21. The van der Waals surface area contributed by atoms with Gasteiger partial charge in [0, 0.05) is 10.9 Å². The van der Waals surface area contributed by atoms with Gasteiger partial charge >= 0.3 is 14.2 Å². The molecule has 38 heavy (non-hydrogen) atoms. The van der Waals surface area contributed by atoms with Crippen LogP contribution in [0.15, 0.2) is 12.1 Å². The van der Waals surface area contributed by atoms with Gasteiger partial charge in [-0.3, -0.25) is 0 Å². The highest BCUT2D eigenvalue weighted by molar-refractivity contribution is 6.62. The molecule has 1 rings (SSSR count). The van der Waals surface area contributed by atoms with Crippen LogP contribution in [0.4, 0.5) is 0 Å². The Balaban J connectivity index is 2.39. The van der Waals surface area contributed by atoms with Gasteiger partial charge in [0.2, 0.25) is 0 Å². The van der Waals surface area contributed by atoms with Gasteiger partial charge in [0.1, 0.15) is 11.5 Å². The Kier molecular flexibility index (Phi) is 21.7. The Morgan fingerprint density at radius 3 is 0.974 bits per heavy atom. The van der Waals surface area contributed by atoms with Crippen molar-refractivity contribution in [1.29, 1.82) is 0 Å². The van der Waals surface area contributed by atoms with Gasteiger partial charge in [-0.15, -0.1) is 0 Å². The van der Waals surface area contributed by atoms with Gasteiger partial charge in [0.25, 0.3) is 0 Å². The van der Waals surface area contributed by atoms with Crippen LogP contribution in [0.2, 0.25) is 0 Å². The van der Waals surface area contributed by atoms with Crippen LogP contribution < -0.4 is 20.4 Å². The Morgan fingerprint density at radius 1 is 0.447 bits per heavy atom. The second-order valence-electron chi connectivity index (χ2n) is 10.7. The van der Waals surface area contributed by atoms with Crippen molar-refractivity contribution < 1.29 is 29.6 Å². The highest BCUT2D eigenvalue weighted by Crippen LogP contribution is 2.17. The van der Waals surface area contributed by atoms with E-state index in [1.807, 2.05) is 0 Å². The van der Waals surface area contributed by atoms with Gasteiger partial charge in [0.15, 0.2) is 0 Å². The molecule has 0 fully saturated rings. The Hall–Kier alpha value is -1.21. The molecule has 0 radical (unpaired) electrons. The van der Waals surface area contributed by atoms with Gasteiger partial charge in [-0.2, -0.15) is 0 Å². The van der Waals surface area contributed by atoms with Crippen LogP contribution in [0, 0.1) is 0 Å². The topological polar surface area (TPSA) is 99.4 Å². The largest absolute Gasteiger partial charge is 0.494 e. The van der Waals surface area contributed by atoms with Crippen LogP contribution in [0.5, 0.6) is 11.5 Å². The normalized spacial score (nSPS) is 11.1. The van der Waals surface area contributed by atoms with Gasteiger partial charge < -0.3 is 29.6 Å². The third kappa shape index (κ3) is 16.7. The number of benzene rings is 1. The van der Waals surface area contributed by atoms with Crippen molar-refractivity contribution in [2.45, 2.75) is 142 Å². The van der Waals surface area contributed by atoms with E-state index in [1.54, 1.807) is 0 Å². The van der Waals surface area contributed by atoms with Crippen molar-refractivity contribution in [3.8, 4) is 11.5 Å². The Labute approximate surface area is 233 Å². The molecular weight excluding hydrogens is 478 g/mol. The first-order valence-corrected chi connectivity index (χ1v) is 15.7. The summed E-state index contributed by atoms with van der Waals surface area (Å²) in [7, 11) is -3.47. The molecule has 0 heterocycles. The van der Waals surface area contributed by atoms with Crippen molar-refractivity contribution >= 4 is 25.2 Å². The zero-order valence-corrected chi connectivity index (χ0v) is 24.5. The van der Waals surface area contributed by atoms with E-state index in [-0.39, 0.29) is 22.4 Å². The van der Waals surface area contributed by atoms with E-state index in [4.69, 9.17) is 9.47 Å². The lowest BCUT2D eigenvalue weighted by Gasteiger charge is -2.17. The third-order valence-corrected chi connectivity index (χ3v) is 7.21. The minimum Gasteiger partial charge on any atom is -0.494 e. The molecule has 0 aliphatic heterocycles. The number of unbranched alkanes of at least 4 members (excludes halogenated alkanes) is 18. The summed E-state index contributed by atoms with van der Waals surface area (Å²) in [6, 6.07) is 2.92. The molecule has 218 valence electrons. The molecule has 4 N–H and O–H groups in total. The molecule has 0 saturated heterocycles. The van der Waals surface area contributed by atoms with E-state index in [0.717, 1.165) is 25.7 Å². The molecule has 8 heteroatoms. The average molecular weight is 534 g/mol. The van der Waals surface area contributed by atoms with Gasteiger partial charge in [0.05, 0.1) is 13.2 Å². The van der Waals surface area contributed by atoms with Crippen molar-refractivity contribution in [2.24, 2.45) is 0 Å². The molecule has 0 unspecified atom stereocenters. The minimum atomic E-state index is -1.73. The van der Waals surface area contributed by atoms with E-state index in [2.05, 4.69) is 13.8 Å². The summed E-state index contributed by atoms with van der Waals surface area (Å²) < 4.78 is 11.7. The lowest BCUT2D eigenvalue weighted by molar-refractivity contribution is 0.297. The molecule has 1 aromatic rings. The molecule has 0 aliphatic rings. The van der Waals surface area contributed by atoms with Crippen LogP contribution >= 0.6 is 0 Å². The maximum Gasteiger partial charge on any atom is 0.492 e. The van der Waals surface area contributed by atoms with E-state index in [0.29, 0.717) is 13.2 Å². The number of ether oxygens (including phenoxy) is 2. The van der Waals surface area contributed by atoms with Crippen LogP contribution in [0.3, 0.4) is 0 Å². The summed E-state index contributed by atoms with van der Waals surface area (Å²) in [5, 5.41) is 39.6. The number of hydrogen-bond donors (Lipinski definition) is 4. The predicted molar refractivity (Wildman–Crippen MR) is 161 cm³/mol. The zero-order chi connectivity index (χ0) is 27.8. The molecule has 0 amide bonds. The summed E-state index contributed by atoms with van der Waals surface area (Å²) >= 11 is 0. The molecule has 6 nitrogen and oxygen atoms in total. The van der Waals surface area contributed by atoms with Crippen molar-refractivity contribution in [3.05, 3.63) is 12.1 Å². The molecule has 0 aliphatic carbocycles. The monoisotopic (exact) mass is 534 g/mol. The highest BCUT2D eigenvalue weighted by Gasteiger charge is 2.25. The summed E-state index contributed by atoms with van der Waals surface area (Å²) in [4.78, 5) is 0. The van der Waals surface area contributed by atoms with E-state index >= 15 is 0 Å². The molecule has 0 saturated carbocycles. The van der Waals surface area contributed by atoms with Crippen molar-refractivity contribution in [2.75, 3.05) is 13.2 Å². The van der Waals surface area contributed by atoms with Crippen LogP contribution in [0.25, 0.3) is 0 Å². The van der Waals surface area contributed by atoms with E-state index < -0.39 is 14.2 Å². The lowest BCUT2D eigenvalue weighted by atomic mass is 9.73. The lowest BCUT2D eigenvalue weighted by Crippen LogP contribution is -2.38. The van der Waals surface area contributed by atoms with Crippen molar-refractivity contribution in [3.63, 3.8) is 0 Å². The summed E-state index contributed by atoms with van der Waals surface area (Å²) in [6.45, 7) is 5.36. The van der Waals surface area contributed by atoms with E-state index in [9.17, 15) is 20.1 Å². The second-order valence-corrected chi connectivity index (χ2v) is 10.7. The number of hydrogen-bond acceptors (Lipinski definition) is 6. The second kappa shape index (κ2) is 23.7. The summed E-state index contributed by atoms with van der Waals surface area (Å²) in [5.74, 6) is 0.510. The first-order valence-electron chi connectivity index (χ1n) is 15.7. The summed E-state index contributed by atoms with van der Waals surface area (Å²) in [5.41, 5.74) is 0.360. The maximum atomic E-state index is 9.89. The van der Waals surface area contributed by atoms with Crippen LogP contribution in [-0.2, 0) is 0 Å². The molecular formula is C30H56B2O6. The van der Waals surface area contributed by atoms with Gasteiger partial charge in [-0.1, -0.05) is 129 Å². The van der Waals surface area contributed by atoms with Gasteiger partial charge in [-0.25, -0.2) is 0 Å². The number of rotatable bonds is 26. The zero-order valence-electron chi connectivity index (χ0n) is 24.5. The Bertz CT molecular complexity index is 629. The fraction of sp³-hybridized carbons (Fsp3) is 0.800. The van der Waals surface area contributed by atoms with Crippen molar-refractivity contribution in [1.82, 2.24) is 0 Å². The molecule has 0 spiro atoms. The van der Waals surface area contributed by atoms with Gasteiger partial charge in [-0.05, 0) is 25.0 Å². The highest BCUT2D eigenvalue weighted by atomic mass is 16.5. The average Bonchev–Trinajstić information content (AvgIpc) is 2.90. The first-order chi connectivity index (χ1) is 18.5. The molecule has 0 aromatic heterocycles. The van der Waals surface area contributed by atoms with Crippen LogP contribution in [0.1, 0.15) is 142 Å². The maximum absolute atomic E-state index is 9.89. The quantitative estimate of drug-likeness (QED) is 0.0907. The first kappa shape index (κ1) is 34.8. The smallest absolute Gasteiger partial charge is 0.492 e. The fourth-order valence-electron chi connectivity index (χ4n) is 4.79. The minimum absolute atomic E-state index is 0.180. The predicted octanol–water partition coefficient (Wildman–Crippen LogP) is 5.65. The van der Waals surface area contributed by atoms with E-state index in [1.165, 1.54) is 115 Å². The molecule has 1 aromatic carbocycles. The van der Waals surface area contributed by atoms with Crippen LogP contribution in [-0.4, -0.2) is 47.5 Å². The summed E-state index contributed by atoms with van der Waals surface area (Å²) in [6.07, 6.45) is 24.4. The SMILES string of the molecule is CCCCCCCCCCCCOc1cc(B(O)O)c(OCCCCCCCCCCCC)cc1B(O)O.